The minimum atomic E-state index is -1.82. The molecule has 1 aromatic rings. The summed E-state index contributed by atoms with van der Waals surface area (Å²) in [6, 6.07) is 11.8. The Morgan fingerprint density at radius 3 is 2.36 bits per heavy atom. The molecule has 25 heavy (non-hydrogen) atoms. The Hall–Kier alpha value is -3.96. The van der Waals surface area contributed by atoms with Crippen LogP contribution in [0.25, 0.3) is 0 Å². The quantitative estimate of drug-likeness (QED) is 0.504. The lowest BCUT2D eigenvalue weighted by Gasteiger charge is -2.28. The monoisotopic (exact) mass is 335 g/mol. The van der Waals surface area contributed by atoms with Gasteiger partial charge in [-0.05, 0) is 31.2 Å². The van der Waals surface area contributed by atoms with Gasteiger partial charge in [0.25, 0.3) is 0 Å². The second-order valence-electron chi connectivity index (χ2n) is 4.73. The normalized spacial score (nSPS) is 18.9. The van der Waals surface area contributed by atoms with E-state index in [1.54, 1.807) is 43.3 Å². The Kier molecular flexibility index (Phi) is 4.92. The fraction of sp³-hybridized carbons (Fsp3) is 0.176. The smallest absolute Gasteiger partial charge is 0.333 e. The molecule has 1 aliphatic heterocycles. The van der Waals surface area contributed by atoms with Gasteiger partial charge in [0, 0.05) is 11.8 Å². The van der Waals surface area contributed by atoms with E-state index in [2.05, 4.69) is 5.16 Å². The van der Waals surface area contributed by atoms with Crippen molar-refractivity contribution in [2.24, 2.45) is 10.9 Å². The largest absolute Gasteiger partial charge is 0.497 e. The Labute approximate surface area is 144 Å². The van der Waals surface area contributed by atoms with Gasteiger partial charge >= 0.3 is 5.79 Å². The standard InChI is InChI=1S/C17H13N5O3/c1-3-22-25-17(12-4-6-13(23-2)7-5-12)15(11(8-18)9-19)14(10-20)16(21)24-17/h3-7H,21H2,1-2H3/b22-3-/t17-/m0/s1. The highest BCUT2D eigenvalue weighted by molar-refractivity contribution is 5.62. The molecule has 0 bridgehead atoms. The predicted molar refractivity (Wildman–Crippen MR) is 86.1 cm³/mol. The molecule has 1 aromatic carbocycles. The average Bonchev–Trinajstić information content (AvgIpc) is 2.94. The summed E-state index contributed by atoms with van der Waals surface area (Å²) in [7, 11) is 1.51. The van der Waals surface area contributed by atoms with Crippen molar-refractivity contribution in [1.82, 2.24) is 0 Å². The summed E-state index contributed by atoms with van der Waals surface area (Å²) in [5.41, 5.74) is 5.57. The molecule has 8 heteroatoms. The van der Waals surface area contributed by atoms with Crippen LogP contribution in [-0.4, -0.2) is 13.3 Å². The van der Waals surface area contributed by atoms with Gasteiger partial charge in [-0.1, -0.05) is 5.16 Å². The number of hydrogen-bond acceptors (Lipinski definition) is 8. The van der Waals surface area contributed by atoms with Crippen molar-refractivity contribution in [2.75, 3.05) is 7.11 Å². The van der Waals surface area contributed by atoms with Gasteiger partial charge in [-0.15, -0.1) is 0 Å². The Morgan fingerprint density at radius 1 is 1.24 bits per heavy atom. The van der Waals surface area contributed by atoms with Crippen molar-refractivity contribution in [3.63, 3.8) is 0 Å². The molecule has 0 amide bonds. The number of methoxy groups -OCH3 is 1. The van der Waals surface area contributed by atoms with E-state index in [-0.39, 0.29) is 22.6 Å². The summed E-state index contributed by atoms with van der Waals surface area (Å²) in [4.78, 5) is 5.47. The van der Waals surface area contributed by atoms with Gasteiger partial charge in [-0.25, -0.2) is 0 Å². The van der Waals surface area contributed by atoms with Crippen LogP contribution < -0.4 is 10.5 Å². The molecule has 0 radical (unpaired) electrons. The van der Waals surface area contributed by atoms with Crippen LogP contribution >= 0.6 is 0 Å². The summed E-state index contributed by atoms with van der Waals surface area (Å²) >= 11 is 0. The van der Waals surface area contributed by atoms with E-state index >= 15 is 0 Å². The lowest BCUT2D eigenvalue weighted by atomic mass is 9.90. The van der Waals surface area contributed by atoms with Crippen molar-refractivity contribution in [3.05, 3.63) is 52.4 Å². The zero-order valence-corrected chi connectivity index (χ0v) is 13.5. The van der Waals surface area contributed by atoms with Crippen molar-refractivity contribution in [1.29, 1.82) is 15.8 Å². The number of nitrogens with two attached hydrogens (primary N) is 1. The zero-order chi connectivity index (χ0) is 18.4. The third kappa shape index (κ3) is 2.83. The molecule has 8 nitrogen and oxygen atoms in total. The second-order valence-corrected chi connectivity index (χ2v) is 4.73. The molecule has 0 unspecified atom stereocenters. The van der Waals surface area contributed by atoms with Gasteiger partial charge in [0.15, 0.2) is 0 Å². The molecule has 0 saturated carbocycles. The summed E-state index contributed by atoms with van der Waals surface area (Å²) < 4.78 is 10.7. The zero-order valence-electron chi connectivity index (χ0n) is 13.5. The Morgan fingerprint density at radius 2 is 1.88 bits per heavy atom. The van der Waals surface area contributed by atoms with Gasteiger partial charge in [-0.3, -0.25) is 0 Å². The van der Waals surface area contributed by atoms with E-state index in [0.717, 1.165) is 0 Å². The van der Waals surface area contributed by atoms with Gasteiger partial charge in [0.2, 0.25) is 5.88 Å². The van der Waals surface area contributed by atoms with E-state index in [0.29, 0.717) is 11.3 Å². The first-order valence-corrected chi connectivity index (χ1v) is 7.02. The van der Waals surface area contributed by atoms with E-state index in [1.165, 1.54) is 13.3 Å². The van der Waals surface area contributed by atoms with Crippen LogP contribution in [0.15, 0.2) is 52.0 Å². The highest BCUT2D eigenvalue weighted by Gasteiger charge is 2.52. The SMILES string of the molecule is C/C=N\O[C@]1(c2ccc(OC)cc2)OC(N)=C(C#N)C1=C(C#N)C#N. The number of nitrogens with zero attached hydrogens (tertiary/aromatic N) is 4. The molecule has 0 aliphatic carbocycles. The molecule has 1 atom stereocenters. The molecule has 124 valence electrons. The number of oxime groups is 1. The molecule has 0 spiro atoms. The fourth-order valence-electron chi connectivity index (χ4n) is 2.34. The third-order valence-corrected chi connectivity index (χ3v) is 3.42. The summed E-state index contributed by atoms with van der Waals surface area (Å²) in [5, 5.41) is 31.7. The number of benzene rings is 1. The van der Waals surface area contributed by atoms with Gasteiger partial charge in [0.05, 0.1) is 12.7 Å². The average molecular weight is 335 g/mol. The Bertz CT molecular complexity index is 878. The molecule has 0 aromatic heterocycles. The number of nitriles is 3. The minimum Gasteiger partial charge on any atom is -0.497 e. The van der Waals surface area contributed by atoms with E-state index in [1.807, 2.05) is 6.07 Å². The van der Waals surface area contributed by atoms with Crippen LogP contribution in [-0.2, 0) is 15.4 Å². The number of ether oxygens (including phenoxy) is 2. The lowest BCUT2D eigenvalue weighted by Crippen LogP contribution is -2.31. The van der Waals surface area contributed by atoms with Crippen molar-refractivity contribution >= 4 is 6.21 Å². The maximum Gasteiger partial charge on any atom is 0.333 e. The maximum absolute atomic E-state index is 9.40. The van der Waals surface area contributed by atoms with Gasteiger partial charge < -0.3 is 20.0 Å². The molecule has 2 rings (SSSR count). The molecule has 0 fully saturated rings. The predicted octanol–water partition coefficient (Wildman–Crippen LogP) is 1.94. The summed E-state index contributed by atoms with van der Waals surface area (Å²) in [6.45, 7) is 1.61. The highest BCUT2D eigenvalue weighted by Crippen LogP contribution is 2.47. The maximum atomic E-state index is 9.40. The van der Waals surface area contributed by atoms with Crippen molar-refractivity contribution < 1.29 is 14.3 Å². The van der Waals surface area contributed by atoms with Crippen LogP contribution in [0, 0.1) is 34.0 Å². The topological polar surface area (TPSA) is 137 Å². The summed E-state index contributed by atoms with van der Waals surface area (Å²) in [6.07, 6.45) is 1.35. The first-order valence-electron chi connectivity index (χ1n) is 7.02. The lowest BCUT2D eigenvalue weighted by molar-refractivity contribution is -0.186. The molecule has 0 saturated heterocycles. The van der Waals surface area contributed by atoms with Crippen LogP contribution in [0.2, 0.25) is 0 Å². The van der Waals surface area contributed by atoms with Crippen LogP contribution in [0.5, 0.6) is 5.75 Å². The van der Waals surface area contributed by atoms with Crippen molar-refractivity contribution in [2.45, 2.75) is 12.7 Å². The third-order valence-electron chi connectivity index (χ3n) is 3.42. The molecule has 1 heterocycles. The minimum absolute atomic E-state index is 0.0896. The van der Waals surface area contributed by atoms with Crippen LogP contribution in [0.4, 0.5) is 0 Å². The van der Waals surface area contributed by atoms with Gasteiger partial charge in [0.1, 0.15) is 35.1 Å². The second kappa shape index (κ2) is 7.08. The fourth-order valence-corrected chi connectivity index (χ4v) is 2.34. The van der Waals surface area contributed by atoms with E-state index in [9.17, 15) is 15.8 Å². The first-order chi connectivity index (χ1) is 12.1. The summed E-state index contributed by atoms with van der Waals surface area (Å²) in [5.74, 6) is -1.51. The number of hydrogen-bond donors (Lipinski definition) is 1. The molecular weight excluding hydrogens is 322 g/mol. The van der Waals surface area contributed by atoms with Crippen LogP contribution in [0.3, 0.4) is 0 Å². The van der Waals surface area contributed by atoms with E-state index in [4.69, 9.17) is 20.0 Å². The molecular formula is C17H13N5O3. The highest BCUT2D eigenvalue weighted by atomic mass is 16.8. The van der Waals surface area contributed by atoms with Crippen LogP contribution in [0.1, 0.15) is 12.5 Å². The molecule has 1 aliphatic rings. The number of allylic oxidation sites excluding steroid dienone is 1. The van der Waals surface area contributed by atoms with Crippen molar-refractivity contribution in [3.8, 4) is 24.0 Å². The van der Waals surface area contributed by atoms with E-state index < -0.39 is 5.79 Å². The first kappa shape index (κ1) is 17.4. The van der Waals surface area contributed by atoms with Gasteiger partial charge in [-0.2, -0.15) is 15.8 Å². The molecule has 2 N–H and O–H groups in total. The number of rotatable bonds is 4. The Balaban J connectivity index is 2.80.